The van der Waals surface area contributed by atoms with Crippen LogP contribution in [0.3, 0.4) is 0 Å². The van der Waals surface area contributed by atoms with E-state index in [1.54, 1.807) is 48.7 Å². The van der Waals surface area contributed by atoms with Gasteiger partial charge in [-0.05, 0) is 29.3 Å². The van der Waals surface area contributed by atoms with E-state index in [0.29, 0.717) is 22.4 Å². The highest BCUT2D eigenvalue weighted by Crippen LogP contribution is 2.55. The molecule has 1 unspecified atom stereocenters. The average molecular weight is 327 g/mol. The number of nitrogens with zero attached hydrogens (tertiary/aromatic N) is 1. The van der Waals surface area contributed by atoms with E-state index in [9.17, 15) is 18.3 Å². The predicted molar refractivity (Wildman–Crippen MR) is 84.2 cm³/mol. The molecular weight excluding hydrogens is 315 g/mol. The summed E-state index contributed by atoms with van der Waals surface area (Å²) in [5.41, 5.74) is -1.41. The van der Waals surface area contributed by atoms with E-state index < -0.39 is 11.8 Å². The molecule has 2 nitrogen and oxygen atoms in total. The molecule has 1 N–H and O–H groups in total. The summed E-state index contributed by atoms with van der Waals surface area (Å²) in [6, 6.07) is 16.0. The second kappa shape index (κ2) is 4.92. The van der Waals surface area contributed by atoms with Gasteiger partial charge in [0, 0.05) is 22.9 Å². The van der Waals surface area contributed by atoms with Crippen LogP contribution in [0.25, 0.3) is 22.4 Å². The fourth-order valence-electron chi connectivity index (χ4n) is 3.26. The van der Waals surface area contributed by atoms with Gasteiger partial charge in [-0.1, -0.05) is 42.5 Å². The first-order valence-corrected chi connectivity index (χ1v) is 7.38. The molecule has 0 bridgehead atoms. The minimum atomic E-state index is -4.82. The Kier molecular flexibility index (Phi) is 3.05. The van der Waals surface area contributed by atoms with E-state index in [1.165, 1.54) is 18.2 Å². The van der Waals surface area contributed by atoms with E-state index in [1.807, 2.05) is 0 Å². The van der Waals surface area contributed by atoms with Gasteiger partial charge >= 0.3 is 6.18 Å². The van der Waals surface area contributed by atoms with E-state index in [0.717, 1.165) is 0 Å². The van der Waals surface area contributed by atoms with Gasteiger partial charge in [0.25, 0.3) is 0 Å². The lowest BCUT2D eigenvalue weighted by molar-refractivity contribution is -0.246. The molecule has 0 saturated heterocycles. The topological polar surface area (TPSA) is 33.1 Å². The first kappa shape index (κ1) is 14.9. The fourth-order valence-corrected chi connectivity index (χ4v) is 3.26. The summed E-state index contributed by atoms with van der Waals surface area (Å²) in [5.74, 6) is 0. The summed E-state index contributed by atoms with van der Waals surface area (Å²) in [7, 11) is 0. The Labute approximate surface area is 136 Å². The largest absolute Gasteiger partial charge is 0.425 e. The Bertz CT molecular complexity index is 921. The van der Waals surface area contributed by atoms with Crippen LogP contribution in [-0.2, 0) is 5.60 Å². The molecule has 0 fully saturated rings. The molecule has 2 aromatic carbocycles. The van der Waals surface area contributed by atoms with Crippen molar-refractivity contribution in [1.82, 2.24) is 4.98 Å². The molecule has 120 valence electrons. The van der Waals surface area contributed by atoms with Crippen LogP contribution in [0, 0.1) is 0 Å². The van der Waals surface area contributed by atoms with Gasteiger partial charge in [0.05, 0.1) is 5.69 Å². The molecule has 0 spiro atoms. The van der Waals surface area contributed by atoms with Gasteiger partial charge in [-0.25, -0.2) is 0 Å². The smallest absolute Gasteiger partial charge is 0.372 e. The molecule has 5 heteroatoms. The number of alkyl halides is 3. The summed E-state index contributed by atoms with van der Waals surface area (Å²) >= 11 is 0. The highest BCUT2D eigenvalue weighted by Gasteiger charge is 2.60. The lowest BCUT2D eigenvalue weighted by Crippen LogP contribution is -2.41. The van der Waals surface area contributed by atoms with E-state index in [-0.39, 0.29) is 11.1 Å². The van der Waals surface area contributed by atoms with Crippen molar-refractivity contribution in [1.29, 1.82) is 0 Å². The number of halogens is 3. The molecule has 1 heterocycles. The van der Waals surface area contributed by atoms with Gasteiger partial charge in [0.1, 0.15) is 0 Å². The monoisotopic (exact) mass is 327 g/mol. The molecule has 1 aliphatic rings. The molecule has 3 aromatic rings. The molecule has 0 aliphatic heterocycles. The molecule has 24 heavy (non-hydrogen) atoms. The Morgan fingerprint density at radius 2 is 1.54 bits per heavy atom. The molecule has 1 aliphatic carbocycles. The number of aliphatic hydroxyl groups is 1. The third kappa shape index (κ3) is 1.91. The zero-order valence-corrected chi connectivity index (χ0v) is 12.4. The minimum Gasteiger partial charge on any atom is -0.372 e. The van der Waals surface area contributed by atoms with Crippen molar-refractivity contribution in [2.75, 3.05) is 0 Å². The maximum atomic E-state index is 13.8. The van der Waals surface area contributed by atoms with Crippen LogP contribution in [0.1, 0.15) is 11.1 Å². The van der Waals surface area contributed by atoms with Crippen LogP contribution in [0.15, 0.2) is 66.9 Å². The number of pyridine rings is 1. The van der Waals surface area contributed by atoms with Crippen LogP contribution >= 0.6 is 0 Å². The van der Waals surface area contributed by atoms with E-state index >= 15 is 0 Å². The van der Waals surface area contributed by atoms with Gasteiger partial charge in [-0.2, -0.15) is 13.2 Å². The third-order valence-electron chi connectivity index (χ3n) is 4.39. The molecule has 1 aromatic heterocycles. The Morgan fingerprint density at radius 3 is 2.25 bits per heavy atom. The lowest BCUT2D eigenvalue weighted by atomic mass is 9.89. The van der Waals surface area contributed by atoms with E-state index in [2.05, 4.69) is 4.98 Å². The van der Waals surface area contributed by atoms with Gasteiger partial charge in [-0.15, -0.1) is 0 Å². The molecule has 0 amide bonds. The minimum absolute atomic E-state index is 0.134. The lowest BCUT2D eigenvalue weighted by Gasteiger charge is -2.28. The molecule has 0 radical (unpaired) electrons. The van der Waals surface area contributed by atoms with Crippen LogP contribution in [0.2, 0.25) is 0 Å². The van der Waals surface area contributed by atoms with E-state index in [4.69, 9.17) is 0 Å². The highest BCUT2D eigenvalue weighted by atomic mass is 19.4. The zero-order chi connectivity index (χ0) is 16.9. The number of rotatable bonds is 1. The van der Waals surface area contributed by atoms with Crippen molar-refractivity contribution in [3.8, 4) is 22.4 Å². The first-order valence-electron chi connectivity index (χ1n) is 7.38. The number of benzene rings is 2. The Balaban J connectivity index is 2.00. The van der Waals surface area contributed by atoms with Gasteiger partial charge in [0.2, 0.25) is 5.60 Å². The summed E-state index contributed by atoms with van der Waals surface area (Å²) in [5, 5.41) is 10.7. The molecular formula is C19H12F3NO. The second-order valence-electron chi connectivity index (χ2n) is 5.73. The van der Waals surface area contributed by atoms with Crippen molar-refractivity contribution in [3.63, 3.8) is 0 Å². The van der Waals surface area contributed by atoms with Crippen molar-refractivity contribution in [3.05, 3.63) is 78.0 Å². The number of fused-ring (bicyclic) bond motifs is 3. The number of aromatic nitrogens is 1. The van der Waals surface area contributed by atoms with Crippen molar-refractivity contribution in [2.24, 2.45) is 0 Å². The standard InChI is InChI=1S/C19H12F3NO/c20-19(21,22)18(24)15-6-2-1-5-13(15)14-9-8-12(11-16(14)18)17-7-3-4-10-23-17/h1-11,24H. The van der Waals surface area contributed by atoms with Crippen LogP contribution in [0.5, 0.6) is 0 Å². The van der Waals surface area contributed by atoms with Crippen molar-refractivity contribution >= 4 is 0 Å². The van der Waals surface area contributed by atoms with Gasteiger partial charge in [-0.3, -0.25) is 4.98 Å². The second-order valence-corrected chi connectivity index (χ2v) is 5.73. The maximum Gasteiger partial charge on any atom is 0.425 e. The highest BCUT2D eigenvalue weighted by molar-refractivity contribution is 5.83. The predicted octanol–water partition coefficient (Wildman–Crippen LogP) is 4.53. The number of hydrogen-bond donors (Lipinski definition) is 1. The summed E-state index contributed by atoms with van der Waals surface area (Å²) in [4.78, 5) is 4.17. The molecule has 0 saturated carbocycles. The molecule has 4 rings (SSSR count). The summed E-state index contributed by atoms with van der Waals surface area (Å²) < 4.78 is 41.3. The molecule has 1 atom stereocenters. The van der Waals surface area contributed by atoms with Crippen molar-refractivity contribution < 1.29 is 18.3 Å². The normalized spacial score (nSPS) is 19.0. The van der Waals surface area contributed by atoms with Crippen LogP contribution in [0.4, 0.5) is 13.2 Å². The first-order chi connectivity index (χ1) is 11.4. The summed E-state index contributed by atoms with van der Waals surface area (Å²) in [6.07, 6.45) is -3.25. The van der Waals surface area contributed by atoms with Crippen LogP contribution in [-0.4, -0.2) is 16.3 Å². The van der Waals surface area contributed by atoms with Crippen LogP contribution < -0.4 is 0 Å². The number of hydrogen-bond acceptors (Lipinski definition) is 2. The average Bonchev–Trinajstić information content (AvgIpc) is 2.86. The SMILES string of the molecule is OC1(C(F)(F)F)c2ccccc2-c2ccc(-c3ccccn3)cc21. The Hall–Kier alpha value is -2.66. The van der Waals surface area contributed by atoms with Gasteiger partial charge < -0.3 is 5.11 Å². The zero-order valence-electron chi connectivity index (χ0n) is 12.4. The van der Waals surface area contributed by atoms with Crippen molar-refractivity contribution in [2.45, 2.75) is 11.8 Å². The van der Waals surface area contributed by atoms with Gasteiger partial charge in [0.15, 0.2) is 0 Å². The third-order valence-corrected chi connectivity index (χ3v) is 4.39. The quantitative estimate of drug-likeness (QED) is 0.712. The Morgan fingerprint density at radius 1 is 0.833 bits per heavy atom. The fraction of sp³-hybridized carbons (Fsp3) is 0.105. The summed E-state index contributed by atoms with van der Waals surface area (Å²) in [6.45, 7) is 0. The maximum absolute atomic E-state index is 13.8.